The molecular weight excluding hydrogens is 370 g/mol. The van der Waals surface area contributed by atoms with Crippen LogP contribution >= 0.6 is 11.3 Å². The molecule has 0 atom stereocenters. The van der Waals surface area contributed by atoms with Crippen LogP contribution in [0.25, 0.3) is 6.08 Å². The van der Waals surface area contributed by atoms with Crippen LogP contribution in [0.4, 0.5) is 0 Å². The summed E-state index contributed by atoms with van der Waals surface area (Å²) in [5.74, 6) is -0.187. The minimum absolute atomic E-state index is 0.0403. The minimum atomic E-state index is -0.147. The zero-order chi connectivity index (χ0) is 20.2. The van der Waals surface area contributed by atoms with Crippen molar-refractivity contribution >= 4 is 29.2 Å². The van der Waals surface area contributed by atoms with Crippen LogP contribution in [0.2, 0.25) is 0 Å². The summed E-state index contributed by atoms with van der Waals surface area (Å²) < 4.78 is 0. The molecule has 0 saturated carbocycles. The fourth-order valence-electron chi connectivity index (χ4n) is 2.57. The smallest absolute Gasteiger partial charge is 0.270 e. The lowest BCUT2D eigenvalue weighted by atomic mass is 10.2. The van der Waals surface area contributed by atoms with E-state index in [0.29, 0.717) is 25.3 Å². The molecule has 0 radical (unpaired) electrons. The molecule has 0 spiro atoms. The van der Waals surface area contributed by atoms with Gasteiger partial charge in [-0.1, -0.05) is 57.0 Å². The SMILES string of the molecule is CCCCNC(=O)c1csc(CN(CCCC)C(=O)/C=C/c2ccccc2)n1. The second-order valence-corrected chi connectivity index (χ2v) is 7.54. The number of hydrogen-bond acceptors (Lipinski definition) is 4. The molecule has 1 heterocycles. The van der Waals surface area contributed by atoms with Gasteiger partial charge in [-0.3, -0.25) is 9.59 Å². The molecule has 0 bridgehead atoms. The molecule has 0 saturated heterocycles. The van der Waals surface area contributed by atoms with Gasteiger partial charge < -0.3 is 10.2 Å². The van der Waals surface area contributed by atoms with Crippen molar-refractivity contribution in [1.82, 2.24) is 15.2 Å². The average Bonchev–Trinajstić information content (AvgIpc) is 3.19. The summed E-state index contributed by atoms with van der Waals surface area (Å²) in [5, 5.41) is 5.41. The fourth-order valence-corrected chi connectivity index (χ4v) is 3.36. The van der Waals surface area contributed by atoms with Crippen LogP contribution in [0.15, 0.2) is 41.8 Å². The van der Waals surface area contributed by atoms with Crippen LogP contribution in [0.3, 0.4) is 0 Å². The van der Waals surface area contributed by atoms with E-state index in [2.05, 4.69) is 24.1 Å². The molecule has 0 aliphatic rings. The average molecular weight is 400 g/mol. The third-order valence-electron chi connectivity index (χ3n) is 4.24. The third kappa shape index (κ3) is 7.27. The van der Waals surface area contributed by atoms with Crippen molar-refractivity contribution in [3.63, 3.8) is 0 Å². The minimum Gasteiger partial charge on any atom is -0.351 e. The summed E-state index contributed by atoms with van der Waals surface area (Å²) in [5.41, 5.74) is 1.42. The van der Waals surface area contributed by atoms with E-state index in [-0.39, 0.29) is 11.8 Å². The number of rotatable bonds is 11. The Bertz CT molecular complexity index is 771. The van der Waals surface area contributed by atoms with Gasteiger partial charge in [-0.05, 0) is 24.5 Å². The van der Waals surface area contributed by atoms with E-state index in [4.69, 9.17) is 0 Å². The van der Waals surface area contributed by atoms with Gasteiger partial charge in [-0.25, -0.2) is 4.98 Å². The maximum atomic E-state index is 12.7. The van der Waals surface area contributed by atoms with Gasteiger partial charge in [0.1, 0.15) is 10.7 Å². The molecule has 2 aromatic rings. The summed E-state index contributed by atoms with van der Waals surface area (Å²) in [4.78, 5) is 31.0. The van der Waals surface area contributed by atoms with Gasteiger partial charge in [0.05, 0.1) is 6.54 Å². The molecule has 0 fully saturated rings. The van der Waals surface area contributed by atoms with Gasteiger partial charge >= 0.3 is 0 Å². The van der Waals surface area contributed by atoms with E-state index in [1.54, 1.807) is 16.4 Å². The van der Waals surface area contributed by atoms with E-state index in [9.17, 15) is 9.59 Å². The van der Waals surface area contributed by atoms with Crippen molar-refractivity contribution in [2.24, 2.45) is 0 Å². The lowest BCUT2D eigenvalue weighted by Crippen LogP contribution is -2.30. The Morgan fingerprint density at radius 3 is 2.61 bits per heavy atom. The Hall–Kier alpha value is -2.47. The number of hydrogen-bond donors (Lipinski definition) is 1. The van der Waals surface area contributed by atoms with E-state index in [1.165, 1.54) is 11.3 Å². The summed E-state index contributed by atoms with van der Waals surface area (Å²) in [6.07, 6.45) is 7.37. The summed E-state index contributed by atoms with van der Waals surface area (Å²) in [7, 11) is 0. The lowest BCUT2D eigenvalue weighted by Gasteiger charge is -2.19. The standard InChI is InChI=1S/C22H29N3O2S/c1-3-5-14-23-22(27)19-17-28-20(24-19)16-25(15-6-4-2)21(26)13-12-18-10-8-7-9-11-18/h7-13,17H,3-6,14-16H2,1-2H3,(H,23,27)/b13-12+. The normalized spacial score (nSPS) is 10.9. The topological polar surface area (TPSA) is 62.3 Å². The van der Waals surface area contributed by atoms with Crippen molar-refractivity contribution in [3.05, 3.63) is 58.1 Å². The highest BCUT2D eigenvalue weighted by Crippen LogP contribution is 2.14. The lowest BCUT2D eigenvalue weighted by molar-refractivity contribution is -0.126. The number of nitrogens with zero attached hydrogens (tertiary/aromatic N) is 2. The summed E-state index contributed by atoms with van der Waals surface area (Å²) in [6.45, 7) is 5.94. The second kappa shape index (κ2) is 12.1. The first-order valence-corrected chi connectivity index (χ1v) is 10.8. The largest absolute Gasteiger partial charge is 0.351 e. The number of amides is 2. The van der Waals surface area contributed by atoms with Crippen molar-refractivity contribution in [3.8, 4) is 0 Å². The molecule has 1 N–H and O–H groups in total. The van der Waals surface area contributed by atoms with E-state index < -0.39 is 0 Å². The number of carbonyl (C=O) groups is 2. The zero-order valence-corrected chi connectivity index (χ0v) is 17.5. The molecule has 6 heteroatoms. The first-order chi connectivity index (χ1) is 13.6. The Morgan fingerprint density at radius 1 is 1.14 bits per heavy atom. The van der Waals surface area contributed by atoms with Gasteiger partial charge in [-0.15, -0.1) is 11.3 Å². The molecule has 0 unspecified atom stereocenters. The van der Waals surface area contributed by atoms with Crippen LogP contribution in [0.1, 0.15) is 60.6 Å². The van der Waals surface area contributed by atoms with E-state index in [0.717, 1.165) is 36.3 Å². The van der Waals surface area contributed by atoms with Gasteiger partial charge in [0.25, 0.3) is 5.91 Å². The number of benzene rings is 1. The van der Waals surface area contributed by atoms with Crippen molar-refractivity contribution in [2.45, 2.75) is 46.1 Å². The fraction of sp³-hybridized carbons (Fsp3) is 0.409. The Labute approximate surface area is 171 Å². The van der Waals surface area contributed by atoms with Crippen molar-refractivity contribution in [1.29, 1.82) is 0 Å². The van der Waals surface area contributed by atoms with Gasteiger partial charge in [0.15, 0.2) is 0 Å². The molecule has 28 heavy (non-hydrogen) atoms. The predicted octanol–water partition coefficient (Wildman–Crippen LogP) is 4.52. The van der Waals surface area contributed by atoms with Gasteiger partial charge in [0, 0.05) is 24.5 Å². The van der Waals surface area contributed by atoms with E-state index in [1.807, 2.05) is 36.4 Å². The number of carbonyl (C=O) groups excluding carboxylic acids is 2. The number of aromatic nitrogens is 1. The maximum Gasteiger partial charge on any atom is 0.270 e. The molecule has 2 rings (SSSR count). The summed E-state index contributed by atoms with van der Waals surface area (Å²) >= 11 is 1.42. The Morgan fingerprint density at radius 2 is 1.89 bits per heavy atom. The molecular formula is C22H29N3O2S. The van der Waals surface area contributed by atoms with Gasteiger partial charge in [0.2, 0.25) is 5.91 Å². The predicted molar refractivity (Wildman–Crippen MR) is 115 cm³/mol. The number of nitrogens with one attached hydrogen (secondary N) is 1. The van der Waals surface area contributed by atoms with Crippen LogP contribution in [0.5, 0.6) is 0 Å². The molecule has 0 aliphatic carbocycles. The Kier molecular flexibility index (Phi) is 9.42. The van der Waals surface area contributed by atoms with Crippen molar-refractivity contribution in [2.75, 3.05) is 13.1 Å². The molecule has 0 aliphatic heterocycles. The highest BCUT2D eigenvalue weighted by atomic mass is 32.1. The Balaban J connectivity index is 2.00. The van der Waals surface area contributed by atoms with Crippen LogP contribution in [0, 0.1) is 0 Å². The van der Waals surface area contributed by atoms with Crippen molar-refractivity contribution < 1.29 is 9.59 Å². The quantitative estimate of drug-likeness (QED) is 0.446. The van der Waals surface area contributed by atoms with E-state index >= 15 is 0 Å². The number of thiazole rings is 1. The van der Waals surface area contributed by atoms with Crippen LogP contribution in [-0.4, -0.2) is 34.8 Å². The first-order valence-electron chi connectivity index (χ1n) is 9.88. The van der Waals surface area contributed by atoms with Crippen LogP contribution < -0.4 is 5.32 Å². The summed E-state index contributed by atoms with van der Waals surface area (Å²) in [6, 6.07) is 9.77. The molecule has 2 amide bonds. The third-order valence-corrected chi connectivity index (χ3v) is 5.07. The zero-order valence-electron chi connectivity index (χ0n) is 16.7. The molecule has 150 valence electrons. The highest BCUT2D eigenvalue weighted by Gasteiger charge is 2.15. The van der Waals surface area contributed by atoms with Gasteiger partial charge in [-0.2, -0.15) is 0 Å². The number of unbranched alkanes of at least 4 members (excludes halogenated alkanes) is 2. The monoisotopic (exact) mass is 399 g/mol. The van der Waals surface area contributed by atoms with Crippen LogP contribution in [-0.2, 0) is 11.3 Å². The molecule has 1 aromatic carbocycles. The maximum absolute atomic E-state index is 12.7. The molecule has 5 nitrogen and oxygen atoms in total. The highest BCUT2D eigenvalue weighted by molar-refractivity contribution is 7.09. The second-order valence-electron chi connectivity index (χ2n) is 6.59. The molecule has 1 aromatic heterocycles. The first kappa shape index (κ1) is 21.8.